The van der Waals surface area contributed by atoms with Crippen LogP contribution in [0.3, 0.4) is 0 Å². The lowest BCUT2D eigenvalue weighted by molar-refractivity contribution is -0.0314. The fourth-order valence-electron chi connectivity index (χ4n) is 3.52. The topological polar surface area (TPSA) is 41.2 Å². The average molecular weight is 335 g/mol. The molecule has 1 aromatic heterocycles. The molecule has 25 heavy (non-hydrogen) atoms. The number of morpholine rings is 1. The number of hydrogen-bond donors (Lipinski definition) is 1. The van der Waals surface area contributed by atoms with Gasteiger partial charge in [-0.1, -0.05) is 42.5 Å². The lowest BCUT2D eigenvalue weighted by atomic mass is 10.1. The third-order valence-electron chi connectivity index (χ3n) is 4.92. The number of nitrogens with one attached hydrogen (secondary N) is 1. The summed E-state index contributed by atoms with van der Waals surface area (Å²) >= 11 is 0. The molecule has 1 fully saturated rings. The first kappa shape index (κ1) is 16.3. The largest absolute Gasteiger partial charge is 0.376 e. The minimum absolute atomic E-state index is 0.338. The first-order chi connectivity index (χ1) is 12.4. The number of nitrogens with zero attached hydrogens (tertiary/aromatic N) is 2. The van der Waals surface area contributed by atoms with Crippen molar-refractivity contribution in [3.05, 3.63) is 66.0 Å². The van der Waals surface area contributed by atoms with E-state index >= 15 is 0 Å². The molecule has 0 bridgehead atoms. The molecule has 0 radical (unpaired) electrons. The molecule has 2 heterocycles. The number of H-pyrrole nitrogens is 1. The normalized spacial score (nSPS) is 18.6. The zero-order valence-electron chi connectivity index (χ0n) is 14.5. The summed E-state index contributed by atoms with van der Waals surface area (Å²) in [5.74, 6) is 1.08. The standard InChI is InChI=1S/C21H25N3O/c1-2-6-17(7-3-1)10-11-18-16-24(14-15-25-18)13-12-21-22-19-8-4-5-9-20(19)23-21/h1-9,18H,10-16H2,(H,22,23). The van der Waals surface area contributed by atoms with E-state index < -0.39 is 0 Å². The Morgan fingerprint density at radius 3 is 2.76 bits per heavy atom. The van der Waals surface area contributed by atoms with Crippen LogP contribution in [0.25, 0.3) is 11.0 Å². The molecule has 0 spiro atoms. The summed E-state index contributed by atoms with van der Waals surface area (Å²) in [6, 6.07) is 18.9. The first-order valence-corrected chi connectivity index (χ1v) is 9.18. The van der Waals surface area contributed by atoms with Crippen LogP contribution >= 0.6 is 0 Å². The van der Waals surface area contributed by atoms with Gasteiger partial charge in [-0.05, 0) is 30.5 Å². The molecule has 1 aliphatic heterocycles. The second kappa shape index (κ2) is 7.81. The van der Waals surface area contributed by atoms with E-state index in [0.717, 1.165) is 62.4 Å². The molecule has 0 amide bonds. The van der Waals surface area contributed by atoms with Crippen molar-refractivity contribution in [1.29, 1.82) is 0 Å². The molecule has 1 aliphatic rings. The Morgan fingerprint density at radius 2 is 1.88 bits per heavy atom. The number of ether oxygens (including phenoxy) is 1. The third-order valence-corrected chi connectivity index (χ3v) is 4.92. The highest BCUT2D eigenvalue weighted by Crippen LogP contribution is 2.14. The van der Waals surface area contributed by atoms with Crippen LogP contribution in [-0.2, 0) is 17.6 Å². The molecule has 0 aliphatic carbocycles. The molecular weight excluding hydrogens is 310 g/mol. The number of rotatable bonds is 6. The van der Waals surface area contributed by atoms with Crippen molar-refractivity contribution in [3.63, 3.8) is 0 Å². The number of benzene rings is 2. The highest BCUT2D eigenvalue weighted by Gasteiger charge is 2.20. The van der Waals surface area contributed by atoms with Gasteiger partial charge in [-0.15, -0.1) is 0 Å². The van der Waals surface area contributed by atoms with Crippen LogP contribution in [0.2, 0.25) is 0 Å². The van der Waals surface area contributed by atoms with E-state index in [4.69, 9.17) is 4.74 Å². The maximum absolute atomic E-state index is 5.96. The fraction of sp³-hybridized carbons (Fsp3) is 0.381. The quantitative estimate of drug-likeness (QED) is 0.750. The van der Waals surface area contributed by atoms with Crippen molar-refractivity contribution in [2.24, 2.45) is 0 Å². The lowest BCUT2D eigenvalue weighted by Gasteiger charge is -2.32. The molecule has 130 valence electrons. The minimum atomic E-state index is 0.338. The number of aryl methyl sites for hydroxylation is 1. The Bertz CT molecular complexity index is 766. The van der Waals surface area contributed by atoms with Gasteiger partial charge >= 0.3 is 0 Å². The van der Waals surface area contributed by atoms with Gasteiger partial charge in [0.2, 0.25) is 0 Å². The zero-order valence-corrected chi connectivity index (χ0v) is 14.5. The highest BCUT2D eigenvalue weighted by molar-refractivity contribution is 5.74. The molecule has 4 heteroatoms. The highest BCUT2D eigenvalue weighted by atomic mass is 16.5. The van der Waals surface area contributed by atoms with Crippen LogP contribution in [-0.4, -0.2) is 47.2 Å². The summed E-state index contributed by atoms with van der Waals surface area (Å²) in [6.07, 6.45) is 3.47. The fourth-order valence-corrected chi connectivity index (χ4v) is 3.52. The van der Waals surface area contributed by atoms with Crippen LogP contribution < -0.4 is 0 Å². The molecule has 0 saturated carbocycles. The summed E-state index contributed by atoms with van der Waals surface area (Å²) in [4.78, 5) is 10.6. The summed E-state index contributed by atoms with van der Waals surface area (Å²) in [5, 5.41) is 0. The van der Waals surface area contributed by atoms with Crippen LogP contribution in [0.4, 0.5) is 0 Å². The van der Waals surface area contributed by atoms with Gasteiger partial charge in [-0.3, -0.25) is 4.90 Å². The van der Waals surface area contributed by atoms with Gasteiger partial charge in [0.05, 0.1) is 23.7 Å². The van der Waals surface area contributed by atoms with Gasteiger partial charge in [-0.25, -0.2) is 4.98 Å². The van der Waals surface area contributed by atoms with Gasteiger partial charge in [0.15, 0.2) is 0 Å². The summed E-state index contributed by atoms with van der Waals surface area (Å²) in [6.45, 7) is 3.90. The van der Waals surface area contributed by atoms with Crippen molar-refractivity contribution < 1.29 is 4.74 Å². The molecule has 4 nitrogen and oxygen atoms in total. The molecule has 1 atom stereocenters. The van der Waals surface area contributed by atoms with Crippen LogP contribution in [0.15, 0.2) is 54.6 Å². The van der Waals surface area contributed by atoms with Gasteiger partial charge in [0.1, 0.15) is 5.82 Å². The first-order valence-electron chi connectivity index (χ1n) is 9.18. The van der Waals surface area contributed by atoms with E-state index in [1.165, 1.54) is 5.56 Å². The average Bonchev–Trinajstić information content (AvgIpc) is 3.09. The second-order valence-corrected chi connectivity index (χ2v) is 6.77. The second-order valence-electron chi connectivity index (χ2n) is 6.77. The number of aromatic nitrogens is 2. The maximum atomic E-state index is 5.96. The molecule has 1 unspecified atom stereocenters. The Labute approximate surface area is 148 Å². The van der Waals surface area contributed by atoms with Crippen molar-refractivity contribution >= 4 is 11.0 Å². The monoisotopic (exact) mass is 335 g/mol. The number of fused-ring (bicyclic) bond motifs is 1. The Hall–Kier alpha value is -2.17. The molecule has 1 saturated heterocycles. The van der Waals surface area contributed by atoms with Gasteiger partial charge in [0.25, 0.3) is 0 Å². The Balaban J connectivity index is 1.27. The van der Waals surface area contributed by atoms with E-state index in [9.17, 15) is 0 Å². The van der Waals surface area contributed by atoms with E-state index in [2.05, 4.69) is 57.3 Å². The number of imidazole rings is 1. The van der Waals surface area contributed by atoms with E-state index in [0.29, 0.717) is 6.10 Å². The molecule has 1 N–H and O–H groups in total. The predicted octanol–water partition coefficient (Wildman–Crippen LogP) is 3.44. The van der Waals surface area contributed by atoms with Crippen LogP contribution in [0, 0.1) is 0 Å². The minimum Gasteiger partial charge on any atom is -0.376 e. The third kappa shape index (κ3) is 4.27. The Kier molecular flexibility index (Phi) is 5.09. The molecule has 2 aromatic carbocycles. The van der Waals surface area contributed by atoms with E-state index in [-0.39, 0.29) is 0 Å². The van der Waals surface area contributed by atoms with E-state index in [1.54, 1.807) is 0 Å². The number of para-hydroxylation sites is 2. The SMILES string of the molecule is c1ccc(CCC2CN(CCc3nc4ccccc4[nH]3)CCO2)cc1. The smallest absolute Gasteiger partial charge is 0.108 e. The summed E-state index contributed by atoms with van der Waals surface area (Å²) in [5.41, 5.74) is 3.57. The van der Waals surface area contributed by atoms with E-state index in [1.807, 2.05) is 12.1 Å². The van der Waals surface area contributed by atoms with Crippen LogP contribution in [0.5, 0.6) is 0 Å². The molecular formula is C21H25N3O. The Morgan fingerprint density at radius 1 is 1.04 bits per heavy atom. The van der Waals surface area contributed by atoms with Gasteiger partial charge < -0.3 is 9.72 Å². The van der Waals surface area contributed by atoms with Crippen molar-refractivity contribution in [2.45, 2.75) is 25.4 Å². The lowest BCUT2D eigenvalue weighted by Crippen LogP contribution is -2.43. The van der Waals surface area contributed by atoms with Gasteiger partial charge in [-0.2, -0.15) is 0 Å². The van der Waals surface area contributed by atoms with Crippen LogP contribution in [0.1, 0.15) is 17.8 Å². The number of hydrogen-bond acceptors (Lipinski definition) is 3. The summed E-state index contributed by atoms with van der Waals surface area (Å²) in [7, 11) is 0. The number of aromatic amines is 1. The molecule has 4 rings (SSSR count). The van der Waals surface area contributed by atoms with Gasteiger partial charge in [0, 0.05) is 26.1 Å². The molecule has 3 aromatic rings. The van der Waals surface area contributed by atoms with Crippen molar-refractivity contribution in [1.82, 2.24) is 14.9 Å². The van der Waals surface area contributed by atoms with Crippen molar-refractivity contribution in [3.8, 4) is 0 Å². The zero-order chi connectivity index (χ0) is 16.9. The summed E-state index contributed by atoms with van der Waals surface area (Å²) < 4.78 is 5.96. The van der Waals surface area contributed by atoms with Crippen molar-refractivity contribution in [2.75, 3.05) is 26.2 Å². The predicted molar refractivity (Wildman–Crippen MR) is 101 cm³/mol. The maximum Gasteiger partial charge on any atom is 0.108 e.